The molecular formula is C51H87N11O4. The third kappa shape index (κ3) is 18.2. The Hall–Kier alpha value is -4.66. The summed E-state index contributed by atoms with van der Waals surface area (Å²) in [6, 6.07) is 8.89. The van der Waals surface area contributed by atoms with Gasteiger partial charge in [-0.25, -0.2) is 4.79 Å². The van der Waals surface area contributed by atoms with Crippen LogP contribution >= 0.6 is 0 Å². The molecule has 3 amide bonds. The summed E-state index contributed by atoms with van der Waals surface area (Å²) in [5.74, 6) is 3.12. The number of nitrogens with two attached hydrogens (primary N) is 4. The highest BCUT2D eigenvalue weighted by molar-refractivity contribution is 5.83. The zero-order valence-corrected chi connectivity index (χ0v) is 41.3. The molecule has 370 valence electrons. The Balaban J connectivity index is 1.32. The second-order valence-corrected chi connectivity index (χ2v) is 20.7. The van der Waals surface area contributed by atoms with Crippen LogP contribution in [0.25, 0.3) is 0 Å². The number of guanidine groups is 2. The van der Waals surface area contributed by atoms with Crippen molar-refractivity contribution in [2.75, 3.05) is 39.3 Å². The lowest BCUT2D eigenvalue weighted by atomic mass is 9.47. The van der Waals surface area contributed by atoms with Gasteiger partial charge in [0.15, 0.2) is 11.9 Å². The molecule has 66 heavy (non-hydrogen) atoms. The number of benzene rings is 1. The summed E-state index contributed by atoms with van der Waals surface area (Å²) in [7, 11) is 0. The molecule has 0 radical (unpaired) electrons. The van der Waals surface area contributed by atoms with Crippen LogP contribution in [-0.4, -0.2) is 93.5 Å². The number of nitrogens with zero attached hydrogens (tertiary/aromatic N) is 3. The number of alkyl carbamates (subject to hydrolysis) is 1. The maximum absolute atomic E-state index is 13.6. The number of carbonyl (C=O) groups excluding carboxylic acids is 3. The normalized spacial score (nSPS) is 23.6. The van der Waals surface area contributed by atoms with Crippen molar-refractivity contribution in [3.8, 4) is 0 Å². The Morgan fingerprint density at radius 3 is 2.24 bits per heavy atom. The first-order valence-electron chi connectivity index (χ1n) is 25.1. The molecule has 4 rings (SSSR count). The fourth-order valence-corrected chi connectivity index (χ4v) is 10.9. The van der Waals surface area contributed by atoms with Gasteiger partial charge in [0.1, 0.15) is 6.10 Å². The molecule has 0 heterocycles. The van der Waals surface area contributed by atoms with Gasteiger partial charge in [0.2, 0.25) is 11.8 Å². The monoisotopic (exact) mass is 918 g/mol. The van der Waals surface area contributed by atoms with Crippen molar-refractivity contribution in [3.63, 3.8) is 0 Å². The molecular weight excluding hydrogens is 831 g/mol. The fourth-order valence-electron chi connectivity index (χ4n) is 10.9. The number of allylic oxidation sites excluding steroid dienone is 1. The molecule has 3 aliphatic rings. The second-order valence-electron chi connectivity index (χ2n) is 20.7. The van der Waals surface area contributed by atoms with E-state index in [2.05, 4.69) is 83.9 Å². The van der Waals surface area contributed by atoms with Crippen molar-refractivity contribution in [3.05, 3.63) is 47.5 Å². The van der Waals surface area contributed by atoms with E-state index in [4.69, 9.17) is 27.7 Å². The van der Waals surface area contributed by atoms with Gasteiger partial charge in [-0.3, -0.25) is 24.6 Å². The number of rotatable bonds is 27. The van der Waals surface area contributed by atoms with Gasteiger partial charge in [-0.15, -0.1) is 0 Å². The van der Waals surface area contributed by atoms with Gasteiger partial charge < -0.3 is 48.9 Å². The predicted molar refractivity (Wildman–Crippen MR) is 269 cm³/mol. The quantitative estimate of drug-likeness (QED) is 0.0219. The minimum absolute atomic E-state index is 0.0487. The molecule has 0 aromatic heterocycles. The average molecular weight is 918 g/mol. The Morgan fingerprint density at radius 2 is 1.55 bits per heavy atom. The molecule has 8 atom stereocenters. The lowest BCUT2D eigenvalue weighted by molar-refractivity contribution is -0.124. The second kappa shape index (κ2) is 27.2. The smallest absolute Gasteiger partial charge is 0.407 e. The topological polar surface area (TPSA) is 250 Å². The van der Waals surface area contributed by atoms with Crippen molar-refractivity contribution in [2.24, 2.45) is 78.3 Å². The van der Waals surface area contributed by atoms with Crippen LogP contribution in [0.15, 0.2) is 57.0 Å². The zero-order chi connectivity index (χ0) is 48.1. The molecule has 15 heteroatoms. The predicted octanol–water partition coefficient (Wildman–Crippen LogP) is 6.10. The third-order valence-electron chi connectivity index (χ3n) is 14.7. The number of amides is 3. The summed E-state index contributed by atoms with van der Waals surface area (Å²) in [6.45, 7) is 16.4. The van der Waals surface area contributed by atoms with Crippen LogP contribution in [0.5, 0.6) is 0 Å². The van der Waals surface area contributed by atoms with Crippen molar-refractivity contribution in [1.29, 1.82) is 0 Å². The van der Waals surface area contributed by atoms with E-state index in [-0.39, 0.29) is 74.3 Å². The third-order valence-corrected chi connectivity index (χ3v) is 14.7. The van der Waals surface area contributed by atoms with Crippen LogP contribution in [0, 0.1) is 40.4 Å². The minimum atomic E-state index is -0.673. The zero-order valence-electron chi connectivity index (χ0n) is 41.3. The summed E-state index contributed by atoms with van der Waals surface area (Å²) in [5, 5.41) is 11.9. The Kier molecular flexibility index (Phi) is 22.3. The van der Waals surface area contributed by atoms with Crippen LogP contribution in [0.1, 0.15) is 137 Å². The van der Waals surface area contributed by atoms with E-state index in [0.717, 1.165) is 54.9 Å². The minimum Gasteiger partial charge on any atom is -0.446 e. The summed E-state index contributed by atoms with van der Waals surface area (Å²) in [5.41, 5.74) is 24.6. The van der Waals surface area contributed by atoms with Crippen LogP contribution in [0.3, 0.4) is 0 Å². The summed E-state index contributed by atoms with van der Waals surface area (Å²) < 4.78 is 6.20. The number of hydrogen-bond acceptors (Lipinski definition) is 8. The molecule has 0 saturated heterocycles. The number of fused-ring (bicyclic) bond motifs is 3. The molecule has 2 saturated carbocycles. The molecule has 0 aliphatic heterocycles. The first kappa shape index (κ1) is 54.0. The van der Waals surface area contributed by atoms with E-state index in [1.54, 1.807) is 6.21 Å². The van der Waals surface area contributed by atoms with E-state index in [9.17, 15) is 14.4 Å². The molecule has 1 aromatic carbocycles. The summed E-state index contributed by atoms with van der Waals surface area (Å²) in [4.78, 5) is 51.7. The van der Waals surface area contributed by atoms with Crippen LogP contribution < -0.4 is 44.2 Å². The lowest BCUT2D eigenvalue weighted by Crippen LogP contribution is -2.50. The van der Waals surface area contributed by atoms with Crippen LogP contribution in [0.4, 0.5) is 4.79 Å². The summed E-state index contributed by atoms with van der Waals surface area (Å²) >= 11 is 0. The number of nitrogens with one attached hydrogen (secondary N) is 4. The van der Waals surface area contributed by atoms with Crippen molar-refractivity contribution >= 4 is 36.0 Å². The van der Waals surface area contributed by atoms with Crippen LogP contribution in [-0.2, 0) is 20.7 Å². The number of ether oxygens (including phenoxy) is 1. The largest absolute Gasteiger partial charge is 0.446 e. The SMILES string of the molecule is CC(C)CCCC(C)CCCC1C2CC=C3CC(OC(=O)NC(C=NCCNC(CCC(=O)NCCN=C(N)N)C(=O)NCCN=C(N)N)Cc4ccccc4)CCC3(C)C2CCC1(C)C. The Bertz CT molecular complexity index is 1770. The first-order chi connectivity index (χ1) is 31.5. The van der Waals surface area contributed by atoms with Gasteiger partial charge in [-0.2, -0.15) is 0 Å². The fraction of sp³-hybridized carbons (Fsp3) is 0.725. The van der Waals surface area contributed by atoms with E-state index in [1.165, 1.54) is 56.9 Å². The van der Waals surface area contributed by atoms with Gasteiger partial charge in [0, 0.05) is 38.7 Å². The summed E-state index contributed by atoms with van der Waals surface area (Å²) in [6.07, 6.45) is 19.0. The van der Waals surface area contributed by atoms with Gasteiger partial charge in [0.25, 0.3) is 0 Å². The van der Waals surface area contributed by atoms with Crippen molar-refractivity contribution < 1.29 is 19.1 Å². The van der Waals surface area contributed by atoms with Gasteiger partial charge >= 0.3 is 6.09 Å². The highest BCUT2D eigenvalue weighted by Crippen LogP contribution is 2.62. The Morgan fingerprint density at radius 1 is 0.848 bits per heavy atom. The Labute approximate surface area is 396 Å². The highest BCUT2D eigenvalue weighted by Gasteiger charge is 2.53. The van der Waals surface area contributed by atoms with E-state index >= 15 is 0 Å². The average Bonchev–Trinajstić information content (AvgIpc) is 3.25. The van der Waals surface area contributed by atoms with E-state index in [0.29, 0.717) is 30.8 Å². The van der Waals surface area contributed by atoms with E-state index in [1.807, 2.05) is 30.3 Å². The standard InChI is InChI=1S/C51H87N11O4/c1-35(2)12-10-13-36(3)14-11-17-42-41-19-18-38-33-40(22-25-51(38,6)43(41)23-24-50(42,4)5)66-49(65)62-39(32-37-15-8-7-9-16-37)34-56-26-27-57-44(46(64)59-29-31-61-48(54)55)20-21-45(63)58-28-30-60-47(52)53/h7-9,15-16,18,34-36,39-44,57H,10-14,17,19-33H2,1-6H3,(H,58,63)(H,59,64)(H,62,65)(H4,52,53,60)(H4,54,55,61). The van der Waals surface area contributed by atoms with Crippen molar-refractivity contribution in [2.45, 2.75) is 156 Å². The van der Waals surface area contributed by atoms with E-state index < -0.39 is 18.2 Å². The molecule has 1 aromatic rings. The van der Waals surface area contributed by atoms with Gasteiger partial charge in [0.05, 0.1) is 31.7 Å². The maximum atomic E-state index is 13.6. The van der Waals surface area contributed by atoms with Crippen molar-refractivity contribution in [1.82, 2.24) is 21.3 Å². The maximum Gasteiger partial charge on any atom is 0.407 e. The molecule has 0 spiro atoms. The number of aliphatic imine (C=N–C) groups is 3. The molecule has 2 fully saturated rings. The molecule has 0 bridgehead atoms. The number of hydrogen-bond donors (Lipinski definition) is 8. The molecule has 3 aliphatic carbocycles. The van der Waals surface area contributed by atoms with Crippen LogP contribution in [0.2, 0.25) is 0 Å². The molecule has 15 nitrogen and oxygen atoms in total. The number of carbonyl (C=O) groups is 3. The lowest BCUT2D eigenvalue weighted by Gasteiger charge is -2.58. The van der Waals surface area contributed by atoms with Gasteiger partial charge in [-0.05, 0) is 97.3 Å². The molecule has 8 unspecified atom stereocenters. The molecule has 12 N–H and O–H groups in total. The highest BCUT2D eigenvalue weighted by atomic mass is 16.6. The van der Waals surface area contributed by atoms with Gasteiger partial charge in [-0.1, -0.05) is 116 Å². The first-order valence-corrected chi connectivity index (χ1v) is 25.1.